The summed E-state index contributed by atoms with van der Waals surface area (Å²) in [5.74, 6) is -0.198. The Kier molecular flexibility index (Phi) is 4.61. The number of nitrogens with two attached hydrogens (primary N) is 1. The van der Waals surface area contributed by atoms with E-state index >= 15 is 0 Å². The third-order valence-electron chi connectivity index (χ3n) is 2.88. The molecule has 0 saturated carbocycles. The van der Waals surface area contributed by atoms with Crippen molar-refractivity contribution >= 4 is 17.3 Å². The molecule has 6 heteroatoms. The van der Waals surface area contributed by atoms with Gasteiger partial charge in [-0.05, 0) is 17.5 Å². The molecule has 19 heavy (non-hydrogen) atoms. The van der Waals surface area contributed by atoms with Gasteiger partial charge >= 0.3 is 0 Å². The number of nitro groups is 1. The molecule has 0 bridgehead atoms. The minimum Gasteiger partial charge on any atom is -0.327 e. The Morgan fingerprint density at radius 2 is 1.89 bits per heavy atom. The van der Waals surface area contributed by atoms with Crippen LogP contribution in [0, 0.1) is 15.5 Å². The molecule has 0 fully saturated rings. The number of non-ortho nitro benzene ring substituents is 1. The highest BCUT2D eigenvalue weighted by atomic mass is 16.6. The molecule has 0 saturated heterocycles. The number of nitrogens with zero attached hydrogens (tertiary/aromatic N) is 1. The average Bonchev–Trinajstić information content (AvgIpc) is 2.28. The number of amides is 1. The van der Waals surface area contributed by atoms with Crippen LogP contribution < -0.4 is 11.1 Å². The molecule has 0 aliphatic carbocycles. The van der Waals surface area contributed by atoms with Crippen molar-refractivity contribution < 1.29 is 9.72 Å². The first kappa shape index (κ1) is 15.1. The first-order valence-corrected chi connectivity index (χ1v) is 6.00. The van der Waals surface area contributed by atoms with E-state index in [0.29, 0.717) is 5.69 Å². The van der Waals surface area contributed by atoms with Gasteiger partial charge in [-0.15, -0.1) is 0 Å². The molecule has 1 amide bonds. The van der Waals surface area contributed by atoms with Gasteiger partial charge in [0.1, 0.15) is 0 Å². The Morgan fingerprint density at radius 1 is 1.37 bits per heavy atom. The molecule has 1 aromatic rings. The fourth-order valence-corrected chi connectivity index (χ4v) is 1.38. The SMILES string of the molecule is CC(C)(C)C(N)CC(=O)Nc1ccc([N+](=O)[O-])cc1. The summed E-state index contributed by atoms with van der Waals surface area (Å²) < 4.78 is 0. The van der Waals surface area contributed by atoms with E-state index in [1.165, 1.54) is 24.3 Å². The summed E-state index contributed by atoms with van der Waals surface area (Å²) in [4.78, 5) is 21.8. The van der Waals surface area contributed by atoms with Gasteiger partial charge < -0.3 is 11.1 Å². The van der Waals surface area contributed by atoms with E-state index in [1.54, 1.807) is 0 Å². The van der Waals surface area contributed by atoms with Crippen molar-refractivity contribution in [3.8, 4) is 0 Å². The minimum atomic E-state index is -0.485. The molecule has 104 valence electrons. The number of hydrogen-bond acceptors (Lipinski definition) is 4. The monoisotopic (exact) mass is 265 g/mol. The minimum absolute atomic E-state index is 0.00982. The van der Waals surface area contributed by atoms with E-state index < -0.39 is 4.92 Å². The van der Waals surface area contributed by atoms with E-state index in [9.17, 15) is 14.9 Å². The van der Waals surface area contributed by atoms with Crippen LogP contribution in [0.1, 0.15) is 27.2 Å². The highest BCUT2D eigenvalue weighted by Crippen LogP contribution is 2.21. The fraction of sp³-hybridized carbons (Fsp3) is 0.462. The van der Waals surface area contributed by atoms with Crippen molar-refractivity contribution in [2.75, 3.05) is 5.32 Å². The van der Waals surface area contributed by atoms with E-state index in [1.807, 2.05) is 20.8 Å². The van der Waals surface area contributed by atoms with Crippen LogP contribution in [0.15, 0.2) is 24.3 Å². The Labute approximate surface area is 112 Å². The zero-order valence-corrected chi connectivity index (χ0v) is 11.3. The lowest BCUT2D eigenvalue weighted by Crippen LogP contribution is -2.38. The topological polar surface area (TPSA) is 98.3 Å². The summed E-state index contributed by atoms with van der Waals surface area (Å²) in [5, 5.41) is 13.2. The molecule has 0 aliphatic heterocycles. The third-order valence-corrected chi connectivity index (χ3v) is 2.88. The smallest absolute Gasteiger partial charge is 0.269 e. The van der Waals surface area contributed by atoms with E-state index in [0.717, 1.165) is 0 Å². The first-order valence-electron chi connectivity index (χ1n) is 6.00. The number of hydrogen-bond donors (Lipinski definition) is 2. The first-order chi connectivity index (χ1) is 8.70. The number of rotatable bonds is 4. The molecule has 1 atom stereocenters. The van der Waals surface area contributed by atoms with Crippen molar-refractivity contribution in [3.05, 3.63) is 34.4 Å². The van der Waals surface area contributed by atoms with Gasteiger partial charge in [0, 0.05) is 30.3 Å². The van der Waals surface area contributed by atoms with Crippen LogP contribution in [0.3, 0.4) is 0 Å². The summed E-state index contributed by atoms with van der Waals surface area (Å²) >= 11 is 0. The van der Waals surface area contributed by atoms with Gasteiger partial charge in [-0.1, -0.05) is 20.8 Å². The molecule has 3 N–H and O–H groups in total. The maximum Gasteiger partial charge on any atom is 0.269 e. The van der Waals surface area contributed by atoms with Gasteiger partial charge in [0.25, 0.3) is 5.69 Å². The van der Waals surface area contributed by atoms with Crippen LogP contribution in [0.25, 0.3) is 0 Å². The molecule has 0 heterocycles. The van der Waals surface area contributed by atoms with E-state index in [-0.39, 0.29) is 29.5 Å². The molecular formula is C13H19N3O3. The molecular weight excluding hydrogens is 246 g/mol. The molecule has 1 unspecified atom stereocenters. The lowest BCUT2D eigenvalue weighted by Gasteiger charge is -2.26. The van der Waals surface area contributed by atoms with Crippen LogP contribution in [0.2, 0.25) is 0 Å². The number of carbonyl (C=O) groups excluding carboxylic acids is 1. The zero-order chi connectivity index (χ0) is 14.6. The number of carbonyl (C=O) groups is 1. The highest BCUT2D eigenvalue weighted by molar-refractivity contribution is 5.91. The van der Waals surface area contributed by atoms with Crippen LogP contribution in [-0.2, 0) is 4.79 Å². The van der Waals surface area contributed by atoms with Gasteiger partial charge in [-0.2, -0.15) is 0 Å². The van der Waals surface area contributed by atoms with Crippen molar-refractivity contribution in [1.82, 2.24) is 0 Å². The predicted octanol–water partition coefficient (Wildman–Crippen LogP) is 2.30. The van der Waals surface area contributed by atoms with Gasteiger partial charge in [0.15, 0.2) is 0 Å². The average molecular weight is 265 g/mol. The standard InChI is InChI=1S/C13H19N3O3/c1-13(2,3)11(14)8-12(17)15-9-4-6-10(7-5-9)16(18)19/h4-7,11H,8,14H2,1-3H3,(H,15,17). The van der Waals surface area contributed by atoms with Crippen LogP contribution >= 0.6 is 0 Å². The summed E-state index contributed by atoms with van der Waals surface area (Å²) in [6.07, 6.45) is 0.209. The van der Waals surface area contributed by atoms with Crippen molar-refractivity contribution in [2.45, 2.75) is 33.2 Å². The molecule has 0 aliphatic rings. The Morgan fingerprint density at radius 3 is 2.32 bits per heavy atom. The Balaban J connectivity index is 2.60. The molecule has 0 spiro atoms. The van der Waals surface area contributed by atoms with Gasteiger partial charge in [-0.3, -0.25) is 14.9 Å². The number of nitro benzene ring substituents is 1. The molecule has 0 aromatic heterocycles. The van der Waals surface area contributed by atoms with Crippen molar-refractivity contribution in [1.29, 1.82) is 0 Å². The van der Waals surface area contributed by atoms with Crippen molar-refractivity contribution in [3.63, 3.8) is 0 Å². The number of anilines is 1. The Hall–Kier alpha value is -1.95. The summed E-state index contributed by atoms with van der Waals surface area (Å²) in [7, 11) is 0. The maximum absolute atomic E-state index is 11.8. The fourth-order valence-electron chi connectivity index (χ4n) is 1.38. The largest absolute Gasteiger partial charge is 0.327 e. The number of nitrogens with one attached hydrogen (secondary N) is 1. The van der Waals surface area contributed by atoms with Gasteiger partial charge in [0.2, 0.25) is 5.91 Å². The predicted molar refractivity (Wildman–Crippen MR) is 73.8 cm³/mol. The number of benzene rings is 1. The summed E-state index contributed by atoms with van der Waals surface area (Å²) in [6, 6.07) is 5.45. The second-order valence-corrected chi connectivity index (χ2v) is 5.53. The summed E-state index contributed by atoms with van der Waals surface area (Å²) in [5.41, 5.74) is 6.29. The third kappa shape index (κ3) is 4.67. The molecule has 1 rings (SSSR count). The lowest BCUT2D eigenvalue weighted by atomic mass is 9.85. The van der Waals surface area contributed by atoms with Crippen LogP contribution in [-0.4, -0.2) is 16.9 Å². The summed E-state index contributed by atoms with van der Waals surface area (Å²) in [6.45, 7) is 5.91. The van der Waals surface area contributed by atoms with Crippen molar-refractivity contribution in [2.24, 2.45) is 11.1 Å². The van der Waals surface area contributed by atoms with Gasteiger partial charge in [-0.25, -0.2) is 0 Å². The van der Waals surface area contributed by atoms with E-state index in [2.05, 4.69) is 5.32 Å². The molecule has 6 nitrogen and oxygen atoms in total. The normalized spacial score (nSPS) is 12.8. The van der Waals surface area contributed by atoms with Crippen LogP contribution in [0.4, 0.5) is 11.4 Å². The second kappa shape index (κ2) is 5.79. The van der Waals surface area contributed by atoms with E-state index in [4.69, 9.17) is 5.73 Å². The maximum atomic E-state index is 11.8. The Bertz CT molecular complexity index is 463. The highest BCUT2D eigenvalue weighted by Gasteiger charge is 2.23. The molecule has 1 aromatic carbocycles. The second-order valence-electron chi connectivity index (χ2n) is 5.53. The van der Waals surface area contributed by atoms with Gasteiger partial charge in [0.05, 0.1) is 4.92 Å². The van der Waals surface area contributed by atoms with Crippen LogP contribution in [0.5, 0.6) is 0 Å². The lowest BCUT2D eigenvalue weighted by molar-refractivity contribution is -0.384. The quantitative estimate of drug-likeness (QED) is 0.644. The zero-order valence-electron chi connectivity index (χ0n) is 11.3. The molecule has 0 radical (unpaired) electrons.